The molecule has 1 aromatic rings. The molecule has 4 nitrogen and oxygen atoms in total. The quantitative estimate of drug-likeness (QED) is 0.782. The second kappa shape index (κ2) is 4.37. The van der Waals surface area contributed by atoms with Crippen molar-refractivity contribution < 1.29 is 5.11 Å². The van der Waals surface area contributed by atoms with Crippen molar-refractivity contribution in [2.45, 2.75) is 25.9 Å². The molecule has 2 unspecified atom stereocenters. The molecule has 0 bridgehead atoms. The van der Waals surface area contributed by atoms with Gasteiger partial charge in [-0.05, 0) is 13.0 Å². The van der Waals surface area contributed by atoms with E-state index in [0.29, 0.717) is 5.95 Å². The molecule has 1 rings (SSSR count). The number of aliphatic hydroxyl groups excluding tert-OH is 1. The zero-order valence-electron chi connectivity index (χ0n) is 9.10. The highest BCUT2D eigenvalue weighted by atomic mass is 16.3. The van der Waals surface area contributed by atoms with Gasteiger partial charge in [-0.2, -0.15) is 0 Å². The third kappa shape index (κ3) is 2.42. The Morgan fingerprint density at radius 1 is 1.36 bits per heavy atom. The van der Waals surface area contributed by atoms with Crippen LogP contribution < -0.4 is 4.90 Å². The highest BCUT2D eigenvalue weighted by Gasteiger charge is 2.13. The van der Waals surface area contributed by atoms with Crippen molar-refractivity contribution >= 4 is 5.95 Å². The molecule has 0 aliphatic rings. The zero-order chi connectivity index (χ0) is 10.7. The molecular weight excluding hydrogens is 178 g/mol. The van der Waals surface area contributed by atoms with E-state index in [0.717, 1.165) is 5.69 Å². The highest BCUT2D eigenvalue weighted by molar-refractivity contribution is 5.28. The van der Waals surface area contributed by atoms with Crippen molar-refractivity contribution in [1.82, 2.24) is 9.97 Å². The summed E-state index contributed by atoms with van der Waals surface area (Å²) in [5.74, 6) is 0.715. The molecule has 0 saturated carbocycles. The molecule has 0 radical (unpaired) electrons. The van der Waals surface area contributed by atoms with Crippen LogP contribution in [0.15, 0.2) is 12.3 Å². The lowest BCUT2D eigenvalue weighted by Crippen LogP contribution is -2.17. The van der Waals surface area contributed by atoms with Crippen LogP contribution in [-0.2, 0) is 0 Å². The molecule has 0 aromatic carbocycles. The molecule has 2 atom stereocenters. The van der Waals surface area contributed by atoms with Crippen molar-refractivity contribution in [3.05, 3.63) is 18.0 Å². The number of anilines is 1. The Hall–Kier alpha value is -1.16. The van der Waals surface area contributed by atoms with Crippen LogP contribution in [0.3, 0.4) is 0 Å². The van der Waals surface area contributed by atoms with Crippen LogP contribution in [-0.4, -0.2) is 35.3 Å². The summed E-state index contributed by atoms with van der Waals surface area (Å²) in [6.45, 7) is 3.72. The standard InChI is InChI=1S/C10H17N3O/c1-7(8(2)14)9-5-6-11-10(12-9)13(3)4/h5-8,14H,1-4H3. The van der Waals surface area contributed by atoms with E-state index in [1.165, 1.54) is 0 Å². The van der Waals surface area contributed by atoms with E-state index in [2.05, 4.69) is 9.97 Å². The summed E-state index contributed by atoms with van der Waals surface area (Å²) in [5, 5.41) is 9.43. The Kier molecular flexibility index (Phi) is 3.41. The van der Waals surface area contributed by atoms with Gasteiger partial charge >= 0.3 is 0 Å². The maximum atomic E-state index is 9.43. The average molecular weight is 195 g/mol. The van der Waals surface area contributed by atoms with Gasteiger partial charge < -0.3 is 10.0 Å². The van der Waals surface area contributed by atoms with Crippen LogP contribution in [0.4, 0.5) is 5.95 Å². The van der Waals surface area contributed by atoms with Crippen LogP contribution in [0, 0.1) is 0 Å². The molecule has 1 N–H and O–H groups in total. The van der Waals surface area contributed by atoms with Gasteiger partial charge in [0.1, 0.15) is 0 Å². The first-order valence-electron chi connectivity index (χ1n) is 4.70. The first-order valence-corrected chi connectivity index (χ1v) is 4.70. The fourth-order valence-corrected chi connectivity index (χ4v) is 1.08. The largest absolute Gasteiger partial charge is 0.393 e. The van der Waals surface area contributed by atoms with Gasteiger partial charge in [0.2, 0.25) is 5.95 Å². The van der Waals surface area contributed by atoms with Gasteiger partial charge in [-0.15, -0.1) is 0 Å². The Labute approximate surface area is 84.6 Å². The van der Waals surface area contributed by atoms with E-state index in [9.17, 15) is 5.11 Å². The summed E-state index contributed by atoms with van der Waals surface area (Å²) in [6.07, 6.45) is 1.33. The lowest BCUT2D eigenvalue weighted by Gasteiger charge is -2.16. The topological polar surface area (TPSA) is 49.3 Å². The fourth-order valence-electron chi connectivity index (χ4n) is 1.08. The lowest BCUT2D eigenvalue weighted by atomic mass is 10.0. The van der Waals surface area contributed by atoms with Crippen LogP contribution in [0.25, 0.3) is 0 Å². The maximum absolute atomic E-state index is 9.43. The van der Waals surface area contributed by atoms with Crippen LogP contribution >= 0.6 is 0 Å². The van der Waals surface area contributed by atoms with E-state index < -0.39 is 0 Å². The minimum Gasteiger partial charge on any atom is -0.393 e. The normalized spacial score (nSPS) is 14.9. The summed E-state index contributed by atoms with van der Waals surface area (Å²) in [4.78, 5) is 10.3. The summed E-state index contributed by atoms with van der Waals surface area (Å²) in [5.41, 5.74) is 0.874. The monoisotopic (exact) mass is 195 g/mol. The minimum absolute atomic E-state index is 0.0386. The number of aromatic nitrogens is 2. The number of rotatable bonds is 3. The minimum atomic E-state index is -0.389. The molecular formula is C10H17N3O. The number of hydrogen-bond acceptors (Lipinski definition) is 4. The second-order valence-corrected chi connectivity index (χ2v) is 3.71. The molecule has 0 saturated heterocycles. The first-order chi connectivity index (χ1) is 6.52. The molecule has 4 heteroatoms. The van der Waals surface area contributed by atoms with Gasteiger partial charge in [-0.3, -0.25) is 0 Å². The summed E-state index contributed by atoms with van der Waals surface area (Å²) in [6, 6.07) is 1.84. The van der Waals surface area contributed by atoms with Gasteiger partial charge in [0.25, 0.3) is 0 Å². The molecule has 0 fully saturated rings. The maximum Gasteiger partial charge on any atom is 0.224 e. The van der Waals surface area contributed by atoms with E-state index in [-0.39, 0.29) is 12.0 Å². The Balaban J connectivity index is 2.93. The van der Waals surface area contributed by atoms with Crippen molar-refractivity contribution in [2.75, 3.05) is 19.0 Å². The number of nitrogens with zero attached hydrogens (tertiary/aromatic N) is 3. The molecule has 0 aliphatic heterocycles. The van der Waals surface area contributed by atoms with E-state index >= 15 is 0 Å². The SMILES string of the molecule is CC(O)C(C)c1ccnc(N(C)C)n1. The van der Waals surface area contributed by atoms with Gasteiger partial charge in [-0.25, -0.2) is 9.97 Å². The molecule has 0 spiro atoms. The van der Waals surface area contributed by atoms with Crippen molar-refractivity contribution in [1.29, 1.82) is 0 Å². The Bertz CT molecular complexity index is 299. The molecule has 14 heavy (non-hydrogen) atoms. The summed E-state index contributed by atoms with van der Waals surface area (Å²) < 4.78 is 0. The third-order valence-electron chi connectivity index (χ3n) is 2.25. The molecule has 0 aliphatic carbocycles. The Morgan fingerprint density at radius 2 is 2.00 bits per heavy atom. The van der Waals surface area contributed by atoms with E-state index in [1.807, 2.05) is 32.0 Å². The predicted molar refractivity (Wildman–Crippen MR) is 56.5 cm³/mol. The smallest absolute Gasteiger partial charge is 0.224 e. The van der Waals surface area contributed by atoms with Gasteiger partial charge in [0, 0.05) is 26.2 Å². The summed E-state index contributed by atoms with van der Waals surface area (Å²) >= 11 is 0. The fraction of sp³-hybridized carbons (Fsp3) is 0.600. The van der Waals surface area contributed by atoms with Crippen LogP contribution in [0.5, 0.6) is 0 Å². The third-order valence-corrected chi connectivity index (χ3v) is 2.25. The van der Waals surface area contributed by atoms with E-state index in [4.69, 9.17) is 0 Å². The molecule has 1 heterocycles. The zero-order valence-corrected chi connectivity index (χ0v) is 9.10. The van der Waals surface area contributed by atoms with Gasteiger partial charge in [-0.1, -0.05) is 6.92 Å². The molecule has 0 amide bonds. The molecule has 78 valence electrons. The lowest BCUT2D eigenvalue weighted by molar-refractivity contribution is 0.167. The van der Waals surface area contributed by atoms with Crippen molar-refractivity contribution in [3.63, 3.8) is 0 Å². The van der Waals surface area contributed by atoms with Crippen LogP contribution in [0.1, 0.15) is 25.5 Å². The number of aliphatic hydroxyl groups is 1. The average Bonchev–Trinajstić information content (AvgIpc) is 2.16. The second-order valence-electron chi connectivity index (χ2n) is 3.71. The van der Waals surface area contributed by atoms with Gasteiger partial charge in [0.15, 0.2) is 0 Å². The molecule has 1 aromatic heterocycles. The Morgan fingerprint density at radius 3 is 2.50 bits per heavy atom. The highest BCUT2D eigenvalue weighted by Crippen LogP contribution is 2.17. The van der Waals surface area contributed by atoms with Crippen molar-refractivity contribution in [3.8, 4) is 0 Å². The van der Waals surface area contributed by atoms with E-state index in [1.54, 1.807) is 13.1 Å². The van der Waals surface area contributed by atoms with Gasteiger partial charge in [0.05, 0.1) is 11.8 Å². The van der Waals surface area contributed by atoms with Crippen molar-refractivity contribution in [2.24, 2.45) is 0 Å². The number of hydrogen-bond donors (Lipinski definition) is 1. The van der Waals surface area contributed by atoms with Crippen LogP contribution in [0.2, 0.25) is 0 Å². The first kappa shape index (κ1) is 10.9. The summed E-state index contributed by atoms with van der Waals surface area (Å²) in [7, 11) is 3.79. The predicted octanol–water partition coefficient (Wildman–Crippen LogP) is 1.03.